The molecule has 2 rings (SSSR count). The molecule has 0 aliphatic heterocycles. The summed E-state index contributed by atoms with van der Waals surface area (Å²) in [6, 6.07) is 5.80. The van der Waals surface area contributed by atoms with Crippen LogP contribution in [0.25, 0.3) is 0 Å². The Labute approximate surface area is 120 Å². The van der Waals surface area contributed by atoms with Crippen LogP contribution in [0.1, 0.15) is 30.6 Å². The second-order valence-electron chi connectivity index (χ2n) is 3.94. The van der Waals surface area contributed by atoms with Crippen molar-refractivity contribution in [1.82, 2.24) is 15.0 Å². The van der Waals surface area contributed by atoms with E-state index in [0.29, 0.717) is 17.4 Å². The lowest BCUT2D eigenvalue weighted by molar-refractivity contribution is 0.828. The highest BCUT2D eigenvalue weighted by atomic mass is 79.9. The van der Waals surface area contributed by atoms with E-state index in [4.69, 9.17) is 11.6 Å². The lowest BCUT2D eigenvalue weighted by atomic mass is 10.2. The SMILES string of the molecule is CCCc1nc(Cc2ccccn2)nc(Cl)c1Br. The van der Waals surface area contributed by atoms with Gasteiger partial charge in [-0.05, 0) is 34.5 Å². The van der Waals surface area contributed by atoms with Crippen LogP contribution in [0.2, 0.25) is 5.15 Å². The molecule has 2 aromatic rings. The van der Waals surface area contributed by atoms with E-state index < -0.39 is 0 Å². The summed E-state index contributed by atoms with van der Waals surface area (Å²) >= 11 is 9.53. The largest absolute Gasteiger partial charge is 0.261 e. The highest BCUT2D eigenvalue weighted by molar-refractivity contribution is 9.10. The van der Waals surface area contributed by atoms with E-state index in [0.717, 1.165) is 28.7 Å². The topological polar surface area (TPSA) is 38.7 Å². The number of aryl methyl sites for hydroxylation is 1. The molecule has 0 unspecified atom stereocenters. The van der Waals surface area contributed by atoms with E-state index in [9.17, 15) is 0 Å². The van der Waals surface area contributed by atoms with E-state index in [1.54, 1.807) is 6.20 Å². The van der Waals surface area contributed by atoms with Crippen molar-refractivity contribution >= 4 is 27.5 Å². The second kappa shape index (κ2) is 6.25. The fraction of sp³-hybridized carbons (Fsp3) is 0.308. The van der Waals surface area contributed by atoms with Crippen molar-refractivity contribution in [3.63, 3.8) is 0 Å². The smallest absolute Gasteiger partial charge is 0.147 e. The van der Waals surface area contributed by atoms with E-state index in [-0.39, 0.29) is 0 Å². The van der Waals surface area contributed by atoms with E-state index >= 15 is 0 Å². The molecule has 3 nitrogen and oxygen atoms in total. The average molecular weight is 327 g/mol. The lowest BCUT2D eigenvalue weighted by Gasteiger charge is -2.07. The zero-order valence-electron chi connectivity index (χ0n) is 10.0. The molecule has 0 bridgehead atoms. The Kier molecular flexibility index (Phi) is 4.66. The van der Waals surface area contributed by atoms with Crippen LogP contribution in [-0.4, -0.2) is 15.0 Å². The Hall–Kier alpha value is -1.00. The molecule has 0 aliphatic rings. The van der Waals surface area contributed by atoms with Gasteiger partial charge in [0.1, 0.15) is 11.0 Å². The summed E-state index contributed by atoms with van der Waals surface area (Å²) in [4.78, 5) is 13.1. The monoisotopic (exact) mass is 325 g/mol. The van der Waals surface area contributed by atoms with Gasteiger partial charge >= 0.3 is 0 Å². The standard InChI is InChI=1S/C13H13BrClN3/c1-2-5-10-12(14)13(15)18-11(17-10)8-9-6-3-4-7-16-9/h3-4,6-7H,2,5,8H2,1H3. The highest BCUT2D eigenvalue weighted by Crippen LogP contribution is 2.24. The molecular weight excluding hydrogens is 314 g/mol. The van der Waals surface area contributed by atoms with Crippen LogP contribution < -0.4 is 0 Å². The third-order valence-electron chi connectivity index (χ3n) is 2.48. The van der Waals surface area contributed by atoms with Gasteiger partial charge in [-0.15, -0.1) is 0 Å². The van der Waals surface area contributed by atoms with Crippen LogP contribution in [0.4, 0.5) is 0 Å². The molecule has 0 fully saturated rings. The fourth-order valence-electron chi connectivity index (χ4n) is 1.66. The van der Waals surface area contributed by atoms with E-state index in [2.05, 4.69) is 37.8 Å². The molecule has 5 heteroatoms. The maximum atomic E-state index is 6.10. The number of halogens is 2. The quantitative estimate of drug-likeness (QED) is 0.802. The van der Waals surface area contributed by atoms with Crippen molar-refractivity contribution < 1.29 is 0 Å². The van der Waals surface area contributed by atoms with E-state index in [1.807, 2.05) is 18.2 Å². The molecule has 0 radical (unpaired) electrons. The maximum Gasteiger partial charge on any atom is 0.147 e. The van der Waals surface area contributed by atoms with Crippen molar-refractivity contribution in [3.05, 3.63) is 51.2 Å². The zero-order chi connectivity index (χ0) is 13.0. The number of rotatable bonds is 4. The third kappa shape index (κ3) is 3.27. The van der Waals surface area contributed by atoms with Crippen molar-refractivity contribution in [2.45, 2.75) is 26.2 Å². The van der Waals surface area contributed by atoms with Gasteiger partial charge in [-0.2, -0.15) is 0 Å². The van der Waals surface area contributed by atoms with Crippen LogP contribution in [0.3, 0.4) is 0 Å². The number of pyridine rings is 1. The van der Waals surface area contributed by atoms with Gasteiger partial charge in [0.05, 0.1) is 16.6 Å². The number of nitrogens with zero attached hydrogens (tertiary/aromatic N) is 3. The van der Waals surface area contributed by atoms with Gasteiger partial charge in [-0.3, -0.25) is 4.98 Å². The maximum absolute atomic E-state index is 6.10. The van der Waals surface area contributed by atoms with Gasteiger partial charge in [0.15, 0.2) is 0 Å². The van der Waals surface area contributed by atoms with Gasteiger partial charge in [-0.1, -0.05) is 31.0 Å². The highest BCUT2D eigenvalue weighted by Gasteiger charge is 2.10. The molecule has 0 atom stereocenters. The molecule has 0 saturated carbocycles. The number of hydrogen-bond donors (Lipinski definition) is 0. The first-order chi connectivity index (χ1) is 8.70. The van der Waals surface area contributed by atoms with Crippen molar-refractivity contribution in [1.29, 1.82) is 0 Å². The number of aromatic nitrogens is 3. The number of hydrogen-bond acceptors (Lipinski definition) is 3. The summed E-state index contributed by atoms with van der Waals surface area (Å²) in [5.41, 5.74) is 1.90. The third-order valence-corrected chi connectivity index (χ3v) is 3.81. The summed E-state index contributed by atoms with van der Waals surface area (Å²) < 4.78 is 0.802. The summed E-state index contributed by atoms with van der Waals surface area (Å²) in [5, 5.41) is 0.472. The first-order valence-corrected chi connectivity index (χ1v) is 6.98. The molecular formula is C13H13BrClN3. The van der Waals surface area contributed by atoms with Gasteiger partial charge < -0.3 is 0 Å². The predicted octanol–water partition coefficient (Wildman–Crippen LogP) is 3.83. The molecule has 2 aromatic heterocycles. The lowest BCUT2D eigenvalue weighted by Crippen LogP contribution is -2.03. The molecule has 0 spiro atoms. The second-order valence-corrected chi connectivity index (χ2v) is 5.09. The summed E-state index contributed by atoms with van der Waals surface area (Å²) in [7, 11) is 0. The van der Waals surface area contributed by atoms with Crippen molar-refractivity contribution in [2.75, 3.05) is 0 Å². The van der Waals surface area contributed by atoms with E-state index in [1.165, 1.54) is 0 Å². The van der Waals surface area contributed by atoms with Crippen LogP contribution in [0.15, 0.2) is 28.9 Å². The van der Waals surface area contributed by atoms with Gasteiger partial charge in [0, 0.05) is 11.9 Å². The Morgan fingerprint density at radius 1 is 1.28 bits per heavy atom. The molecule has 0 aliphatic carbocycles. The molecule has 94 valence electrons. The molecule has 2 heterocycles. The van der Waals surface area contributed by atoms with Gasteiger partial charge in [0.25, 0.3) is 0 Å². The Morgan fingerprint density at radius 3 is 2.78 bits per heavy atom. The normalized spacial score (nSPS) is 10.6. The van der Waals surface area contributed by atoms with Crippen LogP contribution in [-0.2, 0) is 12.8 Å². The molecule has 0 N–H and O–H groups in total. The van der Waals surface area contributed by atoms with Crippen LogP contribution in [0, 0.1) is 0 Å². The first-order valence-electron chi connectivity index (χ1n) is 5.81. The van der Waals surface area contributed by atoms with Crippen molar-refractivity contribution in [2.24, 2.45) is 0 Å². The van der Waals surface area contributed by atoms with Crippen LogP contribution in [0.5, 0.6) is 0 Å². The fourth-order valence-corrected chi connectivity index (χ4v) is 2.24. The van der Waals surface area contributed by atoms with Crippen molar-refractivity contribution in [3.8, 4) is 0 Å². The Morgan fingerprint density at radius 2 is 2.11 bits per heavy atom. The summed E-state index contributed by atoms with van der Waals surface area (Å²) in [6.07, 6.45) is 4.28. The van der Waals surface area contributed by atoms with Gasteiger partial charge in [-0.25, -0.2) is 9.97 Å². The molecule has 0 amide bonds. The van der Waals surface area contributed by atoms with Crippen LogP contribution >= 0.6 is 27.5 Å². The molecule has 0 aromatic carbocycles. The average Bonchev–Trinajstić information content (AvgIpc) is 2.37. The minimum atomic E-state index is 0.472. The first kappa shape index (κ1) is 13.4. The summed E-state index contributed by atoms with van der Waals surface area (Å²) in [5.74, 6) is 0.713. The Bertz CT molecular complexity index is 531. The van der Waals surface area contributed by atoms with Gasteiger partial charge in [0.2, 0.25) is 0 Å². The molecule has 18 heavy (non-hydrogen) atoms. The Balaban J connectivity index is 2.28. The minimum absolute atomic E-state index is 0.472. The summed E-state index contributed by atoms with van der Waals surface area (Å²) in [6.45, 7) is 2.11. The zero-order valence-corrected chi connectivity index (χ0v) is 12.4. The predicted molar refractivity (Wildman–Crippen MR) is 75.8 cm³/mol. The molecule has 0 saturated heterocycles. The minimum Gasteiger partial charge on any atom is -0.261 e.